The summed E-state index contributed by atoms with van der Waals surface area (Å²) in [6.07, 6.45) is -0.270. The summed E-state index contributed by atoms with van der Waals surface area (Å²) in [5, 5.41) is 3.58. The number of benzene rings is 3. The molecule has 5 heteroatoms. The third-order valence-electron chi connectivity index (χ3n) is 5.82. The Morgan fingerprint density at radius 2 is 1.53 bits per heavy atom. The molecule has 2 aliphatic heterocycles. The van der Waals surface area contributed by atoms with Gasteiger partial charge in [0.25, 0.3) is 5.91 Å². The van der Waals surface area contributed by atoms with Crippen LogP contribution in [-0.4, -0.2) is 32.2 Å². The van der Waals surface area contributed by atoms with E-state index in [0.717, 1.165) is 43.2 Å². The summed E-state index contributed by atoms with van der Waals surface area (Å²) in [7, 11) is 0. The molecular formula is C25H25N3O2. The van der Waals surface area contributed by atoms with Crippen molar-refractivity contribution >= 4 is 23.0 Å². The molecule has 3 aromatic rings. The second kappa shape index (κ2) is 7.84. The first-order valence-corrected chi connectivity index (χ1v) is 10.4. The van der Waals surface area contributed by atoms with E-state index in [1.54, 1.807) is 0 Å². The lowest BCUT2D eigenvalue weighted by Gasteiger charge is -2.38. The molecule has 2 aliphatic rings. The van der Waals surface area contributed by atoms with Crippen LogP contribution in [0.5, 0.6) is 0 Å². The molecule has 1 N–H and O–H groups in total. The number of fused-ring (bicyclic) bond motifs is 1. The van der Waals surface area contributed by atoms with E-state index >= 15 is 0 Å². The van der Waals surface area contributed by atoms with Gasteiger partial charge in [0.05, 0.1) is 18.8 Å². The van der Waals surface area contributed by atoms with Crippen molar-refractivity contribution < 1.29 is 9.53 Å². The predicted octanol–water partition coefficient (Wildman–Crippen LogP) is 4.60. The Labute approximate surface area is 176 Å². The molecule has 0 radical (unpaired) electrons. The number of morpholine rings is 1. The lowest BCUT2D eigenvalue weighted by Crippen LogP contribution is -2.43. The fraction of sp³-hybridized carbons (Fsp3) is 0.240. The van der Waals surface area contributed by atoms with Crippen molar-refractivity contribution in [2.75, 3.05) is 41.4 Å². The number of rotatable bonds is 3. The van der Waals surface area contributed by atoms with E-state index in [2.05, 4.69) is 41.4 Å². The van der Waals surface area contributed by atoms with Crippen LogP contribution in [0.3, 0.4) is 0 Å². The summed E-state index contributed by atoms with van der Waals surface area (Å²) in [4.78, 5) is 17.6. The molecule has 1 amide bonds. The van der Waals surface area contributed by atoms with Crippen LogP contribution >= 0.6 is 0 Å². The van der Waals surface area contributed by atoms with Crippen molar-refractivity contribution in [3.63, 3.8) is 0 Å². The maximum atomic E-state index is 13.5. The number of carbonyl (C=O) groups is 1. The van der Waals surface area contributed by atoms with Gasteiger partial charge in [-0.15, -0.1) is 0 Å². The number of carbonyl (C=O) groups excluding carboxylic acids is 1. The van der Waals surface area contributed by atoms with Gasteiger partial charge >= 0.3 is 0 Å². The Bertz CT molecular complexity index is 1040. The normalized spacial score (nSPS) is 18.7. The quantitative estimate of drug-likeness (QED) is 0.699. The number of hydrogen-bond donors (Lipinski definition) is 1. The van der Waals surface area contributed by atoms with Crippen LogP contribution in [-0.2, 0) is 4.74 Å². The molecule has 152 valence electrons. The Kier molecular flexibility index (Phi) is 4.89. The zero-order chi connectivity index (χ0) is 20.5. The zero-order valence-corrected chi connectivity index (χ0v) is 17.0. The summed E-state index contributed by atoms with van der Waals surface area (Å²) in [6.45, 7) is 5.39. The van der Waals surface area contributed by atoms with Crippen molar-refractivity contribution in [3.8, 4) is 0 Å². The first kappa shape index (κ1) is 18.7. The standard InChI is InChI=1S/C25H25N3O2/c1-18-6-10-21(11-7-18)28-24(26-23-5-3-2-4-22(23)25(28)29)19-8-12-20(13-9-19)27-14-16-30-17-15-27/h2-13,24,26H,14-17H2,1H3/t24-/m0/s1. The van der Waals surface area contributed by atoms with Crippen molar-refractivity contribution in [1.82, 2.24) is 0 Å². The molecule has 1 saturated heterocycles. The van der Waals surface area contributed by atoms with Gasteiger partial charge in [-0.25, -0.2) is 0 Å². The van der Waals surface area contributed by atoms with E-state index < -0.39 is 0 Å². The molecule has 3 aromatic carbocycles. The first-order valence-electron chi connectivity index (χ1n) is 10.4. The van der Waals surface area contributed by atoms with Crippen LogP contribution in [0.1, 0.15) is 27.7 Å². The van der Waals surface area contributed by atoms with Crippen LogP contribution in [0.15, 0.2) is 72.8 Å². The number of nitrogens with one attached hydrogen (secondary N) is 1. The van der Waals surface area contributed by atoms with Gasteiger partial charge in [-0.3, -0.25) is 9.69 Å². The number of anilines is 3. The number of para-hydroxylation sites is 1. The van der Waals surface area contributed by atoms with E-state index in [9.17, 15) is 4.79 Å². The summed E-state index contributed by atoms with van der Waals surface area (Å²) in [6, 6.07) is 24.3. The maximum absolute atomic E-state index is 13.5. The predicted molar refractivity (Wildman–Crippen MR) is 120 cm³/mol. The van der Waals surface area contributed by atoms with Gasteiger partial charge in [0, 0.05) is 30.2 Å². The van der Waals surface area contributed by atoms with Gasteiger partial charge in [-0.05, 0) is 48.9 Å². The van der Waals surface area contributed by atoms with Crippen LogP contribution in [0, 0.1) is 6.92 Å². The van der Waals surface area contributed by atoms with Crippen LogP contribution in [0.2, 0.25) is 0 Å². The number of aryl methyl sites for hydroxylation is 1. The minimum atomic E-state index is -0.270. The highest BCUT2D eigenvalue weighted by Gasteiger charge is 2.34. The minimum Gasteiger partial charge on any atom is -0.378 e. The van der Waals surface area contributed by atoms with Gasteiger partial charge in [-0.1, -0.05) is 42.0 Å². The summed E-state index contributed by atoms with van der Waals surface area (Å²) < 4.78 is 5.46. The van der Waals surface area contributed by atoms with E-state index in [0.29, 0.717) is 5.56 Å². The molecule has 0 aromatic heterocycles. The molecule has 5 nitrogen and oxygen atoms in total. The van der Waals surface area contributed by atoms with Crippen molar-refractivity contribution in [1.29, 1.82) is 0 Å². The number of hydrogen-bond acceptors (Lipinski definition) is 4. The highest BCUT2D eigenvalue weighted by atomic mass is 16.5. The van der Waals surface area contributed by atoms with E-state index in [1.807, 2.05) is 53.4 Å². The van der Waals surface area contributed by atoms with Crippen LogP contribution in [0.4, 0.5) is 17.1 Å². The fourth-order valence-electron chi connectivity index (χ4n) is 4.15. The van der Waals surface area contributed by atoms with Gasteiger partial charge < -0.3 is 15.0 Å². The molecular weight excluding hydrogens is 374 g/mol. The molecule has 0 saturated carbocycles. The van der Waals surface area contributed by atoms with E-state index in [1.165, 1.54) is 11.3 Å². The molecule has 2 heterocycles. The second-order valence-electron chi connectivity index (χ2n) is 7.79. The Morgan fingerprint density at radius 1 is 0.867 bits per heavy atom. The number of amides is 1. The smallest absolute Gasteiger partial charge is 0.262 e. The van der Waals surface area contributed by atoms with Crippen LogP contribution < -0.4 is 15.1 Å². The van der Waals surface area contributed by atoms with E-state index in [-0.39, 0.29) is 12.1 Å². The Hall–Kier alpha value is -3.31. The van der Waals surface area contributed by atoms with Crippen molar-refractivity contribution in [2.45, 2.75) is 13.1 Å². The number of ether oxygens (including phenoxy) is 1. The van der Waals surface area contributed by atoms with E-state index in [4.69, 9.17) is 4.74 Å². The SMILES string of the molecule is Cc1ccc(N2C(=O)c3ccccc3N[C@@H]2c2ccc(N3CCOCC3)cc2)cc1. The third kappa shape index (κ3) is 3.42. The summed E-state index contributed by atoms with van der Waals surface area (Å²) in [5.41, 5.74) is 5.85. The highest BCUT2D eigenvalue weighted by molar-refractivity contribution is 6.12. The van der Waals surface area contributed by atoms with Crippen molar-refractivity contribution in [2.24, 2.45) is 0 Å². The average Bonchev–Trinajstić information content (AvgIpc) is 2.81. The van der Waals surface area contributed by atoms with Crippen LogP contribution in [0.25, 0.3) is 0 Å². The zero-order valence-electron chi connectivity index (χ0n) is 17.0. The molecule has 5 rings (SSSR count). The monoisotopic (exact) mass is 399 g/mol. The minimum absolute atomic E-state index is 0.00968. The number of nitrogens with zero attached hydrogens (tertiary/aromatic N) is 2. The third-order valence-corrected chi connectivity index (χ3v) is 5.82. The summed E-state index contributed by atoms with van der Waals surface area (Å²) >= 11 is 0. The Balaban J connectivity index is 1.52. The molecule has 0 unspecified atom stereocenters. The average molecular weight is 399 g/mol. The molecule has 1 fully saturated rings. The lowest BCUT2D eigenvalue weighted by atomic mass is 10.0. The van der Waals surface area contributed by atoms with Gasteiger partial charge in [-0.2, -0.15) is 0 Å². The summed E-state index contributed by atoms with van der Waals surface area (Å²) in [5.74, 6) is 0.00968. The maximum Gasteiger partial charge on any atom is 0.262 e. The topological polar surface area (TPSA) is 44.8 Å². The van der Waals surface area contributed by atoms with Gasteiger partial charge in [0.15, 0.2) is 0 Å². The largest absolute Gasteiger partial charge is 0.378 e. The molecule has 0 spiro atoms. The molecule has 30 heavy (non-hydrogen) atoms. The molecule has 1 atom stereocenters. The molecule has 0 bridgehead atoms. The Morgan fingerprint density at radius 3 is 2.27 bits per heavy atom. The highest BCUT2D eigenvalue weighted by Crippen LogP contribution is 2.37. The first-order chi connectivity index (χ1) is 14.7. The van der Waals surface area contributed by atoms with Gasteiger partial charge in [0.1, 0.15) is 6.17 Å². The van der Waals surface area contributed by atoms with Gasteiger partial charge in [0.2, 0.25) is 0 Å². The molecule has 0 aliphatic carbocycles. The van der Waals surface area contributed by atoms with Crippen molar-refractivity contribution in [3.05, 3.63) is 89.5 Å². The second-order valence-corrected chi connectivity index (χ2v) is 7.79. The lowest BCUT2D eigenvalue weighted by molar-refractivity contribution is 0.0975. The fourth-order valence-corrected chi connectivity index (χ4v) is 4.15.